The number of unbranched alkanes of at least 4 members (excludes halogenated alkanes) is 2. The van der Waals surface area contributed by atoms with Crippen molar-refractivity contribution in [2.75, 3.05) is 19.8 Å². The van der Waals surface area contributed by atoms with Crippen LogP contribution in [0.2, 0.25) is 0 Å². The van der Waals surface area contributed by atoms with Crippen LogP contribution in [0.5, 0.6) is 5.75 Å². The number of rotatable bonds is 15. The summed E-state index contributed by atoms with van der Waals surface area (Å²) in [6, 6.07) is 17.0. The molecule has 2 N–H and O–H groups in total. The Bertz CT molecular complexity index is 1120. The number of aliphatic hydroxyl groups is 2. The van der Waals surface area contributed by atoms with Crippen LogP contribution in [0, 0.1) is 11.8 Å². The zero-order valence-electron chi connectivity index (χ0n) is 22.8. The van der Waals surface area contributed by atoms with Crippen molar-refractivity contribution in [1.29, 1.82) is 0 Å². The number of ether oxygens (including phenoxy) is 2. The maximum atomic E-state index is 11.6. The molecule has 0 aliphatic heterocycles. The maximum Gasteiger partial charge on any atom is 0.308 e. The highest BCUT2D eigenvalue weighted by atomic mass is 16.5. The predicted octanol–water partition coefficient (Wildman–Crippen LogP) is 5.91. The molecule has 0 aliphatic rings. The molecule has 6 heteroatoms. The van der Waals surface area contributed by atoms with Gasteiger partial charge >= 0.3 is 5.97 Å². The first kappa shape index (κ1) is 28.7. The molecule has 0 bridgehead atoms. The number of hydrogen-bond donors (Lipinski definition) is 2. The molecule has 0 saturated heterocycles. The van der Waals surface area contributed by atoms with Gasteiger partial charge in [-0.15, -0.1) is 0 Å². The summed E-state index contributed by atoms with van der Waals surface area (Å²) in [5.41, 5.74) is 4.79. The van der Waals surface area contributed by atoms with Crippen LogP contribution in [0.15, 0.2) is 48.5 Å². The van der Waals surface area contributed by atoms with E-state index in [0.717, 1.165) is 23.0 Å². The molecule has 37 heavy (non-hydrogen) atoms. The molecular weight excluding hydrogens is 466 g/mol. The third-order valence-corrected chi connectivity index (χ3v) is 6.88. The van der Waals surface area contributed by atoms with Crippen molar-refractivity contribution in [2.45, 2.75) is 65.4 Å². The number of aliphatic hydroxyl groups excluding tert-OH is 2. The van der Waals surface area contributed by atoms with E-state index in [-0.39, 0.29) is 37.6 Å². The first-order valence-corrected chi connectivity index (χ1v) is 13.6. The molecule has 0 saturated carbocycles. The fourth-order valence-corrected chi connectivity index (χ4v) is 4.40. The topological polar surface area (TPSA) is 80.9 Å². The van der Waals surface area contributed by atoms with Gasteiger partial charge in [0.25, 0.3) is 0 Å². The number of aromatic nitrogens is 1. The zero-order valence-corrected chi connectivity index (χ0v) is 22.8. The molecule has 1 aromatic heterocycles. The summed E-state index contributed by atoms with van der Waals surface area (Å²) in [5, 5.41) is 21.1. The molecule has 202 valence electrons. The number of fused-ring (bicyclic) bond motifs is 1. The molecule has 3 aromatic rings. The van der Waals surface area contributed by atoms with Gasteiger partial charge in [-0.05, 0) is 55.0 Å². The van der Waals surface area contributed by atoms with Crippen LogP contribution < -0.4 is 4.74 Å². The highest BCUT2D eigenvalue weighted by Crippen LogP contribution is 2.30. The fraction of sp³-hybridized carbons (Fsp3) is 0.516. The lowest BCUT2D eigenvalue weighted by Gasteiger charge is -2.18. The molecule has 1 heterocycles. The molecule has 0 radical (unpaired) electrons. The summed E-state index contributed by atoms with van der Waals surface area (Å²) in [5.74, 6) is 0.0360. The molecule has 2 aromatic carbocycles. The highest BCUT2D eigenvalue weighted by Gasteiger charge is 2.16. The Morgan fingerprint density at radius 2 is 1.76 bits per heavy atom. The Labute approximate surface area is 221 Å². The van der Waals surface area contributed by atoms with Gasteiger partial charge in [0.2, 0.25) is 0 Å². The zero-order chi connectivity index (χ0) is 26.8. The average molecular weight is 510 g/mol. The standard InChI is InChI=1S/C31H43NO5/c1-5-6-7-8-23-9-12-25(13-10-23)29-17-26-14-16-28(18-30(26)32(29)4)36-21-27(34)15-11-24(19-33)20-37-31(35)22(2)3/h9-10,12-14,16-18,22,24,27,33-34H,5-8,11,15,19-21H2,1-4H3. The summed E-state index contributed by atoms with van der Waals surface area (Å²) < 4.78 is 13.3. The van der Waals surface area contributed by atoms with Gasteiger partial charge in [-0.25, -0.2) is 0 Å². The predicted molar refractivity (Wildman–Crippen MR) is 149 cm³/mol. The Hall–Kier alpha value is -2.83. The molecular formula is C31H43NO5. The second kappa shape index (κ2) is 14.2. The third-order valence-electron chi connectivity index (χ3n) is 6.88. The smallest absolute Gasteiger partial charge is 0.308 e. The van der Waals surface area contributed by atoms with E-state index in [1.807, 2.05) is 18.2 Å². The van der Waals surface area contributed by atoms with E-state index in [9.17, 15) is 15.0 Å². The van der Waals surface area contributed by atoms with Crippen LogP contribution in [0.4, 0.5) is 0 Å². The van der Waals surface area contributed by atoms with Gasteiger partial charge in [-0.2, -0.15) is 0 Å². The number of nitrogens with zero attached hydrogens (tertiary/aromatic N) is 1. The van der Waals surface area contributed by atoms with E-state index < -0.39 is 6.10 Å². The Morgan fingerprint density at radius 3 is 2.43 bits per heavy atom. The minimum absolute atomic E-state index is 0.0903. The Kier molecular flexibility index (Phi) is 11.0. The summed E-state index contributed by atoms with van der Waals surface area (Å²) >= 11 is 0. The molecule has 2 unspecified atom stereocenters. The van der Waals surface area contributed by atoms with E-state index >= 15 is 0 Å². The van der Waals surface area contributed by atoms with Crippen molar-refractivity contribution in [1.82, 2.24) is 4.57 Å². The lowest BCUT2D eigenvalue weighted by molar-refractivity contribution is -0.149. The van der Waals surface area contributed by atoms with Crippen LogP contribution in [-0.4, -0.2) is 46.7 Å². The SMILES string of the molecule is CCCCCc1ccc(-c2cc3ccc(OCC(O)CCC(CO)COC(=O)C(C)C)cc3n2C)cc1. The minimum atomic E-state index is -0.676. The van der Waals surface area contributed by atoms with E-state index in [2.05, 4.69) is 48.9 Å². The summed E-state index contributed by atoms with van der Waals surface area (Å²) in [4.78, 5) is 11.6. The highest BCUT2D eigenvalue weighted by molar-refractivity contribution is 5.88. The summed E-state index contributed by atoms with van der Waals surface area (Å²) in [6.45, 7) is 6.01. The van der Waals surface area contributed by atoms with Crippen LogP contribution in [0.3, 0.4) is 0 Å². The van der Waals surface area contributed by atoms with Crippen molar-refractivity contribution in [2.24, 2.45) is 18.9 Å². The molecule has 3 rings (SSSR count). The monoisotopic (exact) mass is 509 g/mol. The van der Waals surface area contributed by atoms with Gasteiger partial charge in [-0.3, -0.25) is 4.79 Å². The summed E-state index contributed by atoms with van der Waals surface area (Å²) in [6.07, 6.45) is 5.19. The van der Waals surface area contributed by atoms with Crippen molar-refractivity contribution in [3.8, 4) is 17.0 Å². The van der Waals surface area contributed by atoms with Gasteiger partial charge in [0.15, 0.2) is 0 Å². The van der Waals surface area contributed by atoms with Gasteiger partial charge in [-0.1, -0.05) is 57.9 Å². The number of benzene rings is 2. The van der Waals surface area contributed by atoms with Gasteiger partial charge in [0.1, 0.15) is 12.4 Å². The second-order valence-electron chi connectivity index (χ2n) is 10.3. The normalized spacial score (nSPS) is 13.2. The lowest BCUT2D eigenvalue weighted by atomic mass is 10.0. The second-order valence-corrected chi connectivity index (χ2v) is 10.3. The van der Waals surface area contributed by atoms with Crippen molar-refractivity contribution in [3.05, 3.63) is 54.1 Å². The number of carbonyl (C=O) groups is 1. The van der Waals surface area contributed by atoms with Gasteiger partial charge in [0.05, 0.1) is 24.1 Å². The minimum Gasteiger partial charge on any atom is -0.491 e. The van der Waals surface area contributed by atoms with Crippen LogP contribution >= 0.6 is 0 Å². The Morgan fingerprint density at radius 1 is 1.00 bits per heavy atom. The molecule has 0 amide bonds. The third kappa shape index (κ3) is 8.34. The van der Waals surface area contributed by atoms with Crippen LogP contribution in [-0.2, 0) is 23.0 Å². The number of aryl methyl sites for hydroxylation is 2. The number of hydrogen-bond acceptors (Lipinski definition) is 5. The van der Waals surface area contributed by atoms with Crippen molar-refractivity contribution < 1.29 is 24.5 Å². The van der Waals surface area contributed by atoms with E-state index in [4.69, 9.17) is 9.47 Å². The largest absolute Gasteiger partial charge is 0.491 e. The Balaban J connectivity index is 1.55. The van der Waals surface area contributed by atoms with E-state index in [1.54, 1.807) is 13.8 Å². The first-order valence-electron chi connectivity index (χ1n) is 13.6. The molecule has 6 nitrogen and oxygen atoms in total. The molecule has 0 spiro atoms. The fourth-order valence-electron chi connectivity index (χ4n) is 4.40. The average Bonchev–Trinajstić information content (AvgIpc) is 3.23. The molecule has 0 fully saturated rings. The quantitative estimate of drug-likeness (QED) is 0.197. The first-order chi connectivity index (χ1) is 17.8. The van der Waals surface area contributed by atoms with E-state index in [1.165, 1.54) is 30.4 Å². The van der Waals surface area contributed by atoms with Crippen LogP contribution in [0.1, 0.15) is 58.4 Å². The van der Waals surface area contributed by atoms with Gasteiger partial charge in [0, 0.05) is 36.7 Å². The maximum absolute atomic E-state index is 11.6. The van der Waals surface area contributed by atoms with Crippen molar-refractivity contribution in [3.63, 3.8) is 0 Å². The molecule has 0 aliphatic carbocycles. The molecule has 2 atom stereocenters. The lowest BCUT2D eigenvalue weighted by Crippen LogP contribution is -2.23. The number of esters is 1. The van der Waals surface area contributed by atoms with E-state index in [0.29, 0.717) is 18.6 Å². The van der Waals surface area contributed by atoms with Crippen LogP contribution in [0.25, 0.3) is 22.2 Å². The summed E-state index contributed by atoms with van der Waals surface area (Å²) in [7, 11) is 2.06. The number of carbonyl (C=O) groups excluding carboxylic acids is 1. The van der Waals surface area contributed by atoms with Gasteiger partial charge < -0.3 is 24.3 Å². The van der Waals surface area contributed by atoms with Crippen molar-refractivity contribution >= 4 is 16.9 Å².